The van der Waals surface area contributed by atoms with Crippen molar-refractivity contribution in [3.8, 4) is 11.1 Å². The summed E-state index contributed by atoms with van der Waals surface area (Å²) < 4.78 is 42.4. The van der Waals surface area contributed by atoms with Gasteiger partial charge in [0.05, 0.1) is 5.41 Å². The third-order valence-corrected chi connectivity index (χ3v) is 4.88. The van der Waals surface area contributed by atoms with E-state index in [4.69, 9.17) is 0 Å². The van der Waals surface area contributed by atoms with Crippen molar-refractivity contribution in [2.45, 2.75) is 24.4 Å². The molecule has 1 fully saturated rings. The van der Waals surface area contributed by atoms with Crippen molar-refractivity contribution in [3.05, 3.63) is 83.5 Å². The Morgan fingerprint density at radius 3 is 2.39 bits per heavy atom. The van der Waals surface area contributed by atoms with Gasteiger partial charge in [-0.05, 0) is 42.3 Å². The number of allylic oxidation sites excluding steroid dienone is 4. The van der Waals surface area contributed by atoms with Crippen LogP contribution in [0.15, 0.2) is 66.3 Å². The number of fused-ring (bicyclic) bond motifs is 1. The minimum atomic E-state index is -1.41. The molecule has 0 bridgehead atoms. The molecular weight excluding hydrogens is 297 g/mol. The van der Waals surface area contributed by atoms with Gasteiger partial charge < -0.3 is 0 Å². The lowest BCUT2D eigenvalue weighted by molar-refractivity contribution is 0.344. The molecule has 0 nitrogen and oxygen atoms in total. The summed E-state index contributed by atoms with van der Waals surface area (Å²) in [6, 6.07) is 10.5. The predicted molar refractivity (Wildman–Crippen MR) is 84.8 cm³/mol. The Hall–Kier alpha value is -2.29. The highest BCUT2D eigenvalue weighted by molar-refractivity contribution is 5.66. The lowest BCUT2D eigenvalue weighted by Crippen LogP contribution is -2.19. The molecule has 2 atom stereocenters. The highest BCUT2D eigenvalue weighted by Crippen LogP contribution is 2.64. The number of halogens is 3. The van der Waals surface area contributed by atoms with Crippen molar-refractivity contribution in [3.63, 3.8) is 0 Å². The summed E-state index contributed by atoms with van der Waals surface area (Å²) >= 11 is 0. The van der Waals surface area contributed by atoms with Gasteiger partial charge in [-0.3, -0.25) is 0 Å². The molecule has 116 valence electrons. The molecule has 2 aliphatic rings. The van der Waals surface area contributed by atoms with Crippen molar-refractivity contribution < 1.29 is 13.2 Å². The van der Waals surface area contributed by atoms with E-state index in [1.807, 2.05) is 19.1 Å². The van der Waals surface area contributed by atoms with Crippen LogP contribution in [-0.4, -0.2) is 5.67 Å². The largest absolute Gasteiger partial charge is 0.238 e. The van der Waals surface area contributed by atoms with Crippen LogP contribution in [0.2, 0.25) is 0 Å². The summed E-state index contributed by atoms with van der Waals surface area (Å²) in [5.41, 5.74) is 0.379. The average Bonchev–Trinajstić information content (AvgIpc) is 3.14. The van der Waals surface area contributed by atoms with Gasteiger partial charge in [0.15, 0.2) is 0 Å². The molecule has 23 heavy (non-hydrogen) atoms. The zero-order chi connectivity index (χ0) is 16.2. The normalized spacial score (nSPS) is 28.3. The zero-order valence-electron chi connectivity index (χ0n) is 12.6. The molecule has 2 unspecified atom stereocenters. The van der Waals surface area contributed by atoms with Gasteiger partial charge in [0, 0.05) is 12.0 Å². The van der Waals surface area contributed by atoms with E-state index in [-0.39, 0.29) is 5.82 Å². The first-order valence-corrected chi connectivity index (χ1v) is 7.57. The van der Waals surface area contributed by atoms with Crippen LogP contribution in [0.1, 0.15) is 18.9 Å². The van der Waals surface area contributed by atoms with Crippen LogP contribution in [0.3, 0.4) is 0 Å². The molecule has 0 heterocycles. The van der Waals surface area contributed by atoms with Gasteiger partial charge in [-0.15, -0.1) is 0 Å². The van der Waals surface area contributed by atoms with Gasteiger partial charge in [-0.25, -0.2) is 13.2 Å². The molecule has 2 aliphatic carbocycles. The summed E-state index contributed by atoms with van der Waals surface area (Å²) in [6.45, 7) is 1.86. The smallest absolute Gasteiger partial charge is 0.144 e. The summed E-state index contributed by atoms with van der Waals surface area (Å²) in [6.07, 6.45) is 5.70. The Balaban J connectivity index is 1.73. The maximum Gasteiger partial charge on any atom is 0.144 e. The first-order valence-electron chi connectivity index (χ1n) is 7.57. The van der Waals surface area contributed by atoms with E-state index in [2.05, 4.69) is 0 Å². The van der Waals surface area contributed by atoms with Crippen molar-refractivity contribution in [1.29, 1.82) is 0 Å². The van der Waals surface area contributed by atoms with E-state index in [9.17, 15) is 13.2 Å². The molecule has 2 aromatic carbocycles. The van der Waals surface area contributed by atoms with E-state index < -0.39 is 16.9 Å². The standard InChI is InChI=1S/C20H15F3/c1-13-8-9-19(12-20(19,23)11-13)15-4-7-17(18(22)10-15)14-2-5-16(21)6-3-14/h2-11H,12H2,1H3. The van der Waals surface area contributed by atoms with E-state index in [0.717, 1.165) is 5.57 Å². The molecule has 0 N–H and O–H groups in total. The summed E-state index contributed by atoms with van der Waals surface area (Å²) in [5.74, 6) is -0.781. The third kappa shape index (κ3) is 2.07. The highest BCUT2D eigenvalue weighted by Gasteiger charge is 2.68. The van der Waals surface area contributed by atoms with Gasteiger partial charge in [0.25, 0.3) is 0 Å². The molecule has 0 aromatic heterocycles. The maximum absolute atomic E-state index is 14.8. The van der Waals surface area contributed by atoms with Crippen LogP contribution < -0.4 is 0 Å². The predicted octanol–water partition coefficient (Wildman–Crippen LogP) is 5.50. The third-order valence-electron chi connectivity index (χ3n) is 4.88. The number of hydrogen-bond acceptors (Lipinski definition) is 0. The second-order valence-corrected chi connectivity index (χ2v) is 6.43. The highest BCUT2D eigenvalue weighted by atomic mass is 19.1. The van der Waals surface area contributed by atoms with Crippen molar-refractivity contribution in [2.75, 3.05) is 0 Å². The monoisotopic (exact) mass is 312 g/mol. The van der Waals surface area contributed by atoms with Crippen LogP contribution in [0.5, 0.6) is 0 Å². The molecule has 1 saturated carbocycles. The Morgan fingerprint density at radius 2 is 1.74 bits per heavy atom. The van der Waals surface area contributed by atoms with Crippen LogP contribution in [0.25, 0.3) is 11.1 Å². The fourth-order valence-corrected chi connectivity index (χ4v) is 3.52. The van der Waals surface area contributed by atoms with Gasteiger partial charge in [-0.1, -0.05) is 42.0 Å². The van der Waals surface area contributed by atoms with Gasteiger partial charge in [0.1, 0.15) is 17.3 Å². The zero-order valence-corrected chi connectivity index (χ0v) is 12.6. The Labute approximate surface area is 133 Å². The molecule has 0 radical (unpaired) electrons. The molecule has 0 aliphatic heterocycles. The Morgan fingerprint density at radius 1 is 1.00 bits per heavy atom. The van der Waals surface area contributed by atoms with Gasteiger partial charge in [-0.2, -0.15) is 0 Å². The number of hydrogen-bond donors (Lipinski definition) is 0. The van der Waals surface area contributed by atoms with Crippen molar-refractivity contribution in [1.82, 2.24) is 0 Å². The number of alkyl halides is 1. The Kier molecular flexibility index (Phi) is 2.87. The summed E-state index contributed by atoms with van der Waals surface area (Å²) in [4.78, 5) is 0. The average molecular weight is 312 g/mol. The molecular formula is C20H15F3. The molecule has 2 aromatic rings. The minimum absolute atomic E-state index is 0.350. The van der Waals surface area contributed by atoms with Crippen LogP contribution in [0, 0.1) is 11.6 Å². The van der Waals surface area contributed by atoms with Gasteiger partial charge >= 0.3 is 0 Å². The SMILES string of the molecule is CC1=CC2(F)CC2(c2ccc(-c3ccc(F)cc3)c(F)c2)C=C1. The fourth-order valence-electron chi connectivity index (χ4n) is 3.52. The first kappa shape index (κ1) is 14.3. The molecule has 0 saturated heterocycles. The van der Waals surface area contributed by atoms with Gasteiger partial charge in [0.2, 0.25) is 0 Å². The van der Waals surface area contributed by atoms with Crippen molar-refractivity contribution >= 4 is 0 Å². The number of rotatable bonds is 2. The first-order chi connectivity index (χ1) is 10.9. The molecule has 3 heteroatoms. The Bertz CT molecular complexity index is 848. The molecule has 0 spiro atoms. The van der Waals surface area contributed by atoms with Crippen LogP contribution in [-0.2, 0) is 5.41 Å². The lowest BCUT2D eigenvalue weighted by Gasteiger charge is -2.20. The second-order valence-electron chi connectivity index (χ2n) is 6.43. The minimum Gasteiger partial charge on any atom is -0.238 e. The van der Waals surface area contributed by atoms with Crippen molar-refractivity contribution in [2.24, 2.45) is 0 Å². The molecule has 0 amide bonds. The maximum atomic E-state index is 14.8. The molecule has 4 rings (SSSR count). The second kappa shape index (κ2) is 4.60. The fraction of sp³-hybridized carbons (Fsp3) is 0.200. The van der Waals surface area contributed by atoms with Crippen LogP contribution in [0.4, 0.5) is 13.2 Å². The van der Waals surface area contributed by atoms with E-state index in [1.165, 1.54) is 30.3 Å². The van der Waals surface area contributed by atoms with E-state index in [1.54, 1.807) is 18.2 Å². The summed E-state index contributed by atoms with van der Waals surface area (Å²) in [5, 5.41) is 0. The quantitative estimate of drug-likeness (QED) is 0.687. The lowest BCUT2D eigenvalue weighted by atomic mass is 9.86. The number of benzene rings is 2. The van der Waals surface area contributed by atoms with E-state index in [0.29, 0.717) is 23.1 Å². The van der Waals surface area contributed by atoms with Crippen LogP contribution >= 0.6 is 0 Å². The van der Waals surface area contributed by atoms with E-state index >= 15 is 0 Å². The topological polar surface area (TPSA) is 0 Å². The summed E-state index contributed by atoms with van der Waals surface area (Å²) in [7, 11) is 0.